The van der Waals surface area contributed by atoms with E-state index in [-0.39, 0.29) is 24.8 Å². The summed E-state index contributed by atoms with van der Waals surface area (Å²) in [5.74, 6) is -0.990. The van der Waals surface area contributed by atoms with Crippen LogP contribution in [0.15, 0.2) is 0 Å². The summed E-state index contributed by atoms with van der Waals surface area (Å²) >= 11 is 0. The van der Waals surface area contributed by atoms with Gasteiger partial charge in [0.2, 0.25) is 5.91 Å². The average Bonchev–Trinajstić information content (AvgIpc) is 1.96. The van der Waals surface area contributed by atoms with Crippen LogP contribution in [0.25, 0.3) is 0 Å². The van der Waals surface area contributed by atoms with Crippen molar-refractivity contribution >= 4 is 11.9 Å². The maximum Gasteiger partial charge on any atom is 0.303 e. The van der Waals surface area contributed by atoms with Crippen LogP contribution in [0.3, 0.4) is 0 Å². The van der Waals surface area contributed by atoms with Gasteiger partial charge in [-0.2, -0.15) is 0 Å². The van der Waals surface area contributed by atoms with E-state index in [1.54, 1.807) is 20.8 Å². The van der Waals surface area contributed by atoms with Gasteiger partial charge < -0.3 is 16.2 Å². The van der Waals surface area contributed by atoms with Crippen LogP contribution in [0.5, 0.6) is 0 Å². The number of nitrogens with one attached hydrogen (secondary N) is 1. The SMILES string of the molecule is CC(CCC(=O)O)NC(=O)CC(C)(C)N. The van der Waals surface area contributed by atoms with E-state index < -0.39 is 11.5 Å². The Morgan fingerprint density at radius 3 is 2.40 bits per heavy atom. The standard InChI is InChI=1S/C10H20N2O3/c1-7(4-5-9(14)15)12-8(13)6-10(2,3)11/h7H,4-6,11H2,1-3H3,(H,12,13)(H,14,15). The fraction of sp³-hybridized carbons (Fsp3) is 0.800. The predicted octanol–water partition coefficient (Wildman–Crippen LogP) is 0.483. The summed E-state index contributed by atoms with van der Waals surface area (Å²) in [6.45, 7) is 5.33. The highest BCUT2D eigenvalue weighted by atomic mass is 16.4. The van der Waals surface area contributed by atoms with Crippen molar-refractivity contribution in [2.75, 3.05) is 0 Å². The Hall–Kier alpha value is -1.10. The van der Waals surface area contributed by atoms with Crippen LogP contribution in [0.4, 0.5) is 0 Å². The number of carbonyl (C=O) groups is 2. The molecular formula is C10H20N2O3. The Kier molecular flexibility index (Phi) is 5.28. The van der Waals surface area contributed by atoms with Crippen LogP contribution < -0.4 is 11.1 Å². The predicted molar refractivity (Wildman–Crippen MR) is 57.4 cm³/mol. The molecule has 0 aromatic rings. The number of rotatable bonds is 6. The molecule has 0 fully saturated rings. The molecule has 0 aromatic heterocycles. The Morgan fingerprint density at radius 1 is 1.47 bits per heavy atom. The lowest BCUT2D eigenvalue weighted by Crippen LogP contribution is -2.41. The van der Waals surface area contributed by atoms with Gasteiger partial charge in [0, 0.05) is 24.4 Å². The molecule has 0 aliphatic carbocycles. The molecule has 5 nitrogen and oxygen atoms in total. The zero-order chi connectivity index (χ0) is 12.1. The third-order valence-electron chi connectivity index (χ3n) is 1.81. The third kappa shape index (κ3) is 9.21. The molecular weight excluding hydrogens is 196 g/mol. The first kappa shape index (κ1) is 13.9. The maximum absolute atomic E-state index is 11.4. The molecule has 0 rings (SSSR count). The van der Waals surface area contributed by atoms with Gasteiger partial charge in [-0.3, -0.25) is 9.59 Å². The highest BCUT2D eigenvalue weighted by Gasteiger charge is 2.17. The van der Waals surface area contributed by atoms with Crippen LogP contribution >= 0.6 is 0 Å². The molecule has 0 saturated heterocycles. The van der Waals surface area contributed by atoms with Crippen molar-refractivity contribution in [2.24, 2.45) is 5.73 Å². The first-order valence-electron chi connectivity index (χ1n) is 5.01. The van der Waals surface area contributed by atoms with Gasteiger partial charge in [-0.25, -0.2) is 0 Å². The van der Waals surface area contributed by atoms with Crippen molar-refractivity contribution in [3.8, 4) is 0 Å². The third-order valence-corrected chi connectivity index (χ3v) is 1.81. The summed E-state index contributed by atoms with van der Waals surface area (Å²) in [7, 11) is 0. The second-order valence-electron chi connectivity index (χ2n) is 4.57. The minimum atomic E-state index is -0.852. The van der Waals surface area contributed by atoms with Gasteiger partial charge >= 0.3 is 5.97 Å². The van der Waals surface area contributed by atoms with Gasteiger partial charge in [0.25, 0.3) is 0 Å². The molecule has 0 radical (unpaired) electrons. The van der Waals surface area contributed by atoms with E-state index in [1.165, 1.54) is 0 Å². The van der Waals surface area contributed by atoms with Crippen molar-refractivity contribution < 1.29 is 14.7 Å². The van der Waals surface area contributed by atoms with E-state index in [2.05, 4.69) is 5.32 Å². The summed E-state index contributed by atoms with van der Waals surface area (Å²) in [4.78, 5) is 21.7. The molecule has 0 saturated carbocycles. The Balaban J connectivity index is 3.81. The fourth-order valence-electron chi connectivity index (χ4n) is 1.15. The van der Waals surface area contributed by atoms with Crippen LogP contribution in [0.2, 0.25) is 0 Å². The molecule has 5 heteroatoms. The van der Waals surface area contributed by atoms with Crippen molar-refractivity contribution in [3.63, 3.8) is 0 Å². The van der Waals surface area contributed by atoms with Crippen LogP contribution in [0.1, 0.15) is 40.0 Å². The summed E-state index contributed by atoms with van der Waals surface area (Å²) < 4.78 is 0. The van der Waals surface area contributed by atoms with Crippen molar-refractivity contribution in [2.45, 2.75) is 51.6 Å². The Labute approximate surface area is 90.0 Å². The number of hydrogen-bond acceptors (Lipinski definition) is 3. The number of aliphatic carboxylic acids is 1. The van der Waals surface area contributed by atoms with Crippen molar-refractivity contribution in [1.29, 1.82) is 0 Å². The second kappa shape index (κ2) is 5.70. The monoisotopic (exact) mass is 216 g/mol. The molecule has 1 atom stereocenters. The summed E-state index contributed by atoms with van der Waals surface area (Å²) in [5.41, 5.74) is 5.15. The summed E-state index contributed by atoms with van der Waals surface area (Å²) in [6, 6.07) is -0.129. The fourth-order valence-corrected chi connectivity index (χ4v) is 1.15. The summed E-state index contributed by atoms with van der Waals surface area (Å²) in [6.07, 6.45) is 0.740. The number of nitrogens with two attached hydrogens (primary N) is 1. The quantitative estimate of drug-likeness (QED) is 0.602. The van der Waals surface area contributed by atoms with E-state index in [9.17, 15) is 9.59 Å². The number of carboxylic acid groups (broad SMARTS) is 1. The van der Waals surface area contributed by atoms with Crippen molar-refractivity contribution in [3.05, 3.63) is 0 Å². The highest BCUT2D eigenvalue weighted by molar-refractivity contribution is 5.77. The highest BCUT2D eigenvalue weighted by Crippen LogP contribution is 2.04. The molecule has 1 amide bonds. The lowest BCUT2D eigenvalue weighted by Gasteiger charge is -2.19. The molecule has 1 unspecified atom stereocenters. The molecule has 0 aliphatic heterocycles. The zero-order valence-corrected chi connectivity index (χ0v) is 9.54. The second-order valence-corrected chi connectivity index (χ2v) is 4.57. The number of carboxylic acids is 1. The van der Waals surface area contributed by atoms with Crippen LogP contribution in [0, 0.1) is 0 Å². The Morgan fingerprint density at radius 2 is 2.00 bits per heavy atom. The average molecular weight is 216 g/mol. The molecule has 0 aliphatic rings. The minimum absolute atomic E-state index is 0.0630. The van der Waals surface area contributed by atoms with E-state index in [0.717, 1.165) is 0 Å². The van der Waals surface area contributed by atoms with Crippen LogP contribution in [-0.2, 0) is 9.59 Å². The van der Waals surface area contributed by atoms with Gasteiger partial charge in [0.05, 0.1) is 0 Å². The molecule has 15 heavy (non-hydrogen) atoms. The van der Waals surface area contributed by atoms with E-state index in [1.807, 2.05) is 0 Å². The van der Waals surface area contributed by atoms with Gasteiger partial charge in [0.1, 0.15) is 0 Å². The molecule has 4 N–H and O–H groups in total. The smallest absolute Gasteiger partial charge is 0.303 e. The zero-order valence-electron chi connectivity index (χ0n) is 9.54. The number of amides is 1. The molecule has 0 spiro atoms. The van der Waals surface area contributed by atoms with Gasteiger partial charge in [-0.1, -0.05) is 0 Å². The van der Waals surface area contributed by atoms with Crippen molar-refractivity contribution in [1.82, 2.24) is 5.32 Å². The van der Waals surface area contributed by atoms with Crippen LogP contribution in [-0.4, -0.2) is 28.6 Å². The lowest BCUT2D eigenvalue weighted by molar-refractivity contribution is -0.137. The normalized spacial score (nSPS) is 13.3. The van der Waals surface area contributed by atoms with E-state index >= 15 is 0 Å². The van der Waals surface area contributed by atoms with Gasteiger partial charge in [-0.15, -0.1) is 0 Å². The first-order valence-corrected chi connectivity index (χ1v) is 5.01. The van der Waals surface area contributed by atoms with E-state index in [0.29, 0.717) is 6.42 Å². The first-order chi connectivity index (χ1) is 6.70. The van der Waals surface area contributed by atoms with Gasteiger partial charge in [-0.05, 0) is 27.2 Å². The molecule has 0 heterocycles. The lowest BCUT2D eigenvalue weighted by atomic mass is 10.0. The topological polar surface area (TPSA) is 92.4 Å². The molecule has 88 valence electrons. The van der Waals surface area contributed by atoms with Gasteiger partial charge in [0.15, 0.2) is 0 Å². The minimum Gasteiger partial charge on any atom is -0.481 e. The molecule has 0 aromatic carbocycles. The number of hydrogen-bond donors (Lipinski definition) is 3. The number of carbonyl (C=O) groups excluding carboxylic acids is 1. The molecule has 0 bridgehead atoms. The Bertz CT molecular complexity index is 233. The van der Waals surface area contributed by atoms with E-state index in [4.69, 9.17) is 10.8 Å². The largest absolute Gasteiger partial charge is 0.481 e. The maximum atomic E-state index is 11.4. The summed E-state index contributed by atoms with van der Waals surface area (Å²) in [5, 5.41) is 11.2.